The SMILES string of the molecule is COc1cccc(-c2nnc(N(CC[Si](C)(C)C)S(=O)(=O)C[C@@H](OC)c3ccc(F)cc3C#N)n2-c2c(OC)cccc2OC)n1.COc1cccc(-c2nnc(N(CC[Si](C)(C)C)S(=O)(=O)C[C@H](OC)c3ccc(F)cc3C#N)n2-c2c(OC)cccc2OC)n1. The Kier molecular flexibility index (Phi) is 23.3. The number of benzene rings is 4. The fourth-order valence-electron chi connectivity index (χ4n) is 9.57. The monoisotopic (exact) mass is 1340 g/mol. The Labute approximate surface area is 537 Å². The first-order valence-corrected chi connectivity index (χ1v) is 39.2. The van der Waals surface area contributed by atoms with E-state index in [0.717, 1.165) is 24.3 Å². The minimum absolute atomic E-state index is 0.0241. The Morgan fingerprint density at radius 1 is 0.489 bits per heavy atom. The second-order valence-corrected chi connectivity index (χ2v) is 38.0. The van der Waals surface area contributed by atoms with Gasteiger partial charge < -0.3 is 37.9 Å². The molecule has 4 aromatic carbocycles. The van der Waals surface area contributed by atoms with Crippen LogP contribution in [0.5, 0.6) is 34.8 Å². The van der Waals surface area contributed by atoms with Crippen LogP contribution in [0.2, 0.25) is 51.4 Å². The summed E-state index contributed by atoms with van der Waals surface area (Å²) in [5.41, 5.74) is 1.86. The van der Waals surface area contributed by atoms with E-state index in [0.29, 0.717) is 69.6 Å². The van der Waals surface area contributed by atoms with Crippen molar-refractivity contribution in [2.45, 2.75) is 63.6 Å². The second kappa shape index (κ2) is 30.4. The van der Waals surface area contributed by atoms with Gasteiger partial charge in [0.25, 0.3) is 0 Å². The van der Waals surface area contributed by atoms with Crippen molar-refractivity contribution < 1.29 is 63.5 Å². The lowest BCUT2D eigenvalue weighted by molar-refractivity contribution is 0.121. The number of hydrogen-bond acceptors (Lipinski definition) is 20. The molecule has 0 aliphatic heterocycles. The van der Waals surface area contributed by atoms with Gasteiger partial charge >= 0.3 is 0 Å². The van der Waals surface area contributed by atoms with Crippen LogP contribution in [0.25, 0.3) is 34.4 Å². The molecule has 0 aliphatic rings. The highest BCUT2D eigenvalue weighted by atomic mass is 32.2. The van der Waals surface area contributed by atoms with Gasteiger partial charge in [-0.15, -0.1) is 20.4 Å². The molecular weight excluding hydrogens is 1260 g/mol. The first-order chi connectivity index (χ1) is 43.7. The van der Waals surface area contributed by atoms with Gasteiger partial charge in [0.2, 0.25) is 43.7 Å². The largest absolute Gasteiger partial charge is 0.494 e. The standard InChI is InChI=1S/2C31H37FN6O6SSi/c2*1-41-25-11-9-12-26(42-2)29(25)38-30(24-10-8-13-28(34-24)44-4)35-36-31(38)37(16-17-46(5,6)7)45(39,40)20-27(43-3)23-15-14-22(32)18-21(23)19-33/h2*8-15,18,27H,16-17,20H2,1-7H3/t2*27-/m10/s1. The van der Waals surface area contributed by atoms with Crippen molar-refractivity contribution in [3.8, 4) is 81.3 Å². The third kappa shape index (κ3) is 16.5. The van der Waals surface area contributed by atoms with Crippen molar-refractivity contribution in [1.82, 2.24) is 39.5 Å². The van der Waals surface area contributed by atoms with Crippen LogP contribution in [0.4, 0.5) is 20.7 Å². The molecule has 0 aliphatic carbocycles. The van der Waals surface area contributed by atoms with Crippen molar-refractivity contribution in [2.75, 3.05) is 90.1 Å². The first-order valence-electron chi connectivity index (χ1n) is 28.6. The Morgan fingerprint density at radius 2 is 0.826 bits per heavy atom. The number of hydrogen-bond donors (Lipinski definition) is 0. The Balaban J connectivity index is 0.000000261. The van der Waals surface area contributed by atoms with Gasteiger partial charge in [-0.05, 0) is 83.9 Å². The van der Waals surface area contributed by atoms with Crippen LogP contribution in [-0.4, -0.2) is 154 Å². The number of halogens is 2. The molecule has 0 amide bonds. The molecule has 0 radical (unpaired) electrons. The Morgan fingerprint density at radius 3 is 1.12 bits per heavy atom. The number of para-hydroxylation sites is 2. The van der Waals surface area contributed by atoms with E-state index >= 15 is 0 Å². The average Bonchev–Trinajstić information content (AvgIpc) is 1.54. The van der Waals surface area contributed by atoms with Crippen LogP contribution in [0.15, 0.2) is 109 Å². The number of rotatable bonds is 28. The van der Waals surface area contributed by atoms with Crippen molar-refractivity contribution in [2.24, 2.45) is 0 Å². The molecule has 4 aromatic heterocycles. The van der Waals surface area contributed by atoms with Crippen LogP contribution < -0.4 is 37.0 Å². The van der Waals surface area contributed by atoms with Gasteiger partial charge in [0.05, 0.1) is 89.6 Å². The van der Waals surface area contributed by atoms with Crippen molar-refractivity contribution in [3.05, 3.63) is 143 Å². The predicted molar refractivity (Wildman–Crippen MR) is 349 cm³/mol. The molecule has 4 heterocycles. The highest BCUT2D eigenvalue weighted by Crippen LogP contribution is 2.42. The van der Waals surface area contributed by atoms with Crippen molar-refractivity contribution >= 4 is 48.1 Å². The fourth-order valence-corrected chi connectivity index (χ4v) is 14.9. The number of pyridine rings is 2. The average molecular weight is 1340 g/mol. The van der Waals surface area contributed by atoms with Gasteiger partial charge in [-0.2, -0.15) is 10.5 Å². The summed E-state index contributed by atoms with van der Waals surface area (Å²) < 4.78 is 136. The maximum atomic E-state index is 14.5. The van der Waals surface area contributed by atoms with E-state index in [1.165, 1.54) is 77.6 Å². The lowest BCUT2D eigenvalue weighted by atomic mass is 10.0. The molecule has 0 fully saturated rings. The third-order valence-corrected chi connectivity index (χ3v) is 21.3. The summed E-state index contributed by atoms with van der Waals surface area (Å²) in [6, 6.07) is 32.7. The molecule has 8 rings (SSSR count). The molecule has 2 atom stereocenters. The molecular formula is C62H74F2N12O12S2Si2. The van der Waals surface area contributed by atoms with Gasteiger partial charge in [-0.1, -0.05) is 75.7 Å². The summed E-state index contributed by atoms with van der Waals surface area (Å²) in [6.07, 6.45) is -2.18. The van der Waals surface area contributed by atoms with Gasteiger partial charge in [-0.25, -0.2) is 44.2 Å². The number of aromatic nitrogens is 8. The number of nitrogens with zero attached hydrogens (tertiary/aromatic N) is 12. The lowest BCUT2D eigenvalue weighted by Crippen LogP contribution is -2.40. The minimum atomic E-state index is -4.27. The highest BCUT2D eigenvalue weighted by molar-refractivity contribution is 7.93. The molecule has 0 saturated heterocycles. The first kappa shape index (κ1) is 70.4. The molecule has 92 heavy (non-hydrogen) atoms. The van der Waals surface area contributed by atoms with E-state index in [4.69, 9.17) is 37.9 Å². The van der Waals surface area contributed by atoms with Gasteiger partial charge in [0, 0.05) is 55.6 Å². The van der Waals surface area contributed by atoms with Gasteiger partial charge in [0.15, 0.2) is 11.6 Å². The molecule has 0 spiro atoms. The maximum absolute atomic E-state index is 14.5. The fraction of sp³-hybridized carbons (Fsp3) is 0.355. The summed E-state index contributed by atoms with van der Waals surface area (Å²) in [4.78, 5) is 9.07. The zero-order chi connectivity index (χ0) is 67.3. The molecule has 24 nitrogen and oxygen atoms in total. The molecule has 0 unspecified atom stereocenters. The number of nitriles is 2. The van der Waals surface area contributed by atoms with Crippen LogP contribution in [0.1, 0.15) is 34.5 Å². The van der Waals surface area contributed by atoms with Crippen molar-refractivity contribution in [1.29, 1.82) is 10.5 Å². The third-order valence-electron chi connectivity index (χ3n) is 14.4. The normalized spacial score (nSPS) is 12.3. The molecule has 0 saturated carbocycles. The summed E-state index contributed by atoms with van der Waals surface area (Å²) in [5, 5.41) is 37.1. The van der Waals surface area contributed by atoms with E-state index in [-0.39, 0.29) is 58.9 Å². The van der Waals surface area contributed by atoms with Crippen LogP contribution in [0.3, 0.4) is 0 Å². The number of methoxy groups -OCH3 is 8. The molecule has 488 valence electrons. The van der Waals surface area contributed by atoms with Crippen LogP contribution >= 0.6 is 0 Å². The van der Waals surface area contributed by atoms with Gasteiger partial charge in [-0.3, -0.25) is 9.13 Å². The van der Waals surface area contributed by atoms with E-state index in [9.17, 15) is 36.1 Å². The zero-order valence-electron chi connectivity index (χ0n) is 53.6. The molecule has 0 N–H and O–H groups in total. The number of ether oxygens (including phenoxy) is 8. The number of anilines is 2. The highest BCUT2D eigenvalue weighted by Gasteiger charge is 2.38. The number of sulfonamides is 2. The molecule has 30 heteroatoms. The smallest absolute Gasteiger partial charge is 0.246 e. The van der Waals surface area contributed by atoms with E-state index in [2.05, 4.69) is 69.6 Å². The lowest BCUT2D eigenvalue weighted by Gasteiger charge is -2.29. The second-order valence-electron chi connectivity index (χ2n) is 22.9. The van der Waals surface area contributed by atoms with E-state index in [1.807, 2.05) is 12.1 Å². The summed E-state index contributed by atoms with van der Waals surface area (Å²) >= 11 is 0. The molecule has 8 aromatic rings. The predicted octanol–water partition coefficient (Wildman–Crippen LogP) is 10.5. The maximum Gasteiger partial charge on any atom is 0.246 e. The Bertz CT molecular complexity index is 3900. The summed E-state index contributed by atoms with van der Waals surface area (Å²) in [7, 11) is -0.568. The van der Waals surface area contributed by atoms with E-state index < -0.39 is 71.5 Å². The van der Waals surface area contributed by atoms with Crippen LogP contribution in [0, 0.1) is 34.3 Å². The van der Waals surface area contributed by atoms with Crippen molar-refractivity contribution in [3.63, 3.8) is 0 Å². The topological polar surface area (TPSA) is 283 Å². The van der Waals surface area contributed by atoms with Gasteiger partial charge in [0.1, 0.15) is 57.4 Å². The quantitative estimate of drug-likeness (QED) is 0.0412. The van der Waals surface area contributed by atoms with E-state index in [1.54, 1.807) is 81.9 Å². The minimum Gasteiger partial charge on any atom is -0.494 e. The molecule has 0 bridgehead atoms. The summed E-state index contributed by atoms with van der Waals surface area (Å²) in [6.45, 7) is 12.9. The Hall–Kier alpha value is -9.05. The zero-order valence-corrected chi connectivity index (χ0v) is 57.3. The van der Waals surface area contributed by atoms with Crippen LogP contribution in [-0.2, 0) is 29.5 Å². The summed E-state index contributed by atoms with van der Waals surface area (Å²) in [5.74, 6) is 0.0778.